The van der Waals surface area contributed by atoms with E-state index in [1.54, 1.807) is 0 Å². The maximum Gasteiger partial charge on any atom is 0.0110 e. The molecule has 0 atom stereocenters. The smallest absolute Gasteiger partial charge is 0.0110 e. The summed E-state index contributed by atoms with van der Waals surface area (Å²) in [6.07, 6.45) is 0. The van der Waals surface area contributed by atoms with Gasteiger partial charge < -0.3 is 15.1 Å². The molecule has 0 unspecified atom stereocenters. The van der Waals surface area contributed by atoms with Gasteiger partial charge in [-0.1, -0.05) is 0 Å². The van der Waals surface area contributed by atoms with Crippen molar-refractivity contribution >= 4 is 0 Å². The summed E-state index contributed by atoms with van der Waals surface area (Å²) in [5.74, 6) is 0. The first-order valence-electron chi connectivity index (χ1n) is 7.54. The zero-order chi connectivity index (χ0) is 14.1. The molecule has 0 saturated carbocycles. The predicted octanol–water partition coefficient (Wildman–Crippen LogP) is -0.683. The summed E-state index contributed by atoms with van der Waals surface area (Å²) in [5.41, 5.74) is 0. The fourth-order valence-corrected chi connectivity index (χ4v) is 2.30. The number of piperazine rings is 1. The largest absolute Gasteiger partial charge is 0.318 e. The Morgan fingerprint density at radius 2 is 1.37 bits per heavy atom. The van der Waals surface area contributed by atoms with Crippen molar-refractivity contribution in [3.8, 4) is 0 Å². The lowest BCUT2D eigenvalue weighted by Gasteiger charge is -2.35. The molecule has 114 valence electrons. The van der Waals surface area contributed by atoms with Crippen LogP contribution in [0, 0.1) is 0 Å². The molecule has 0 spiro atoms. The minimum Gasteiger partial charge on any atom is -0.318 e. The maximum absolute atomic E-state index is 3.20. The molecule has 1 rings (SSSR count). The molecule has 5 heteroatoms. The quantitative estimate of drug-likeness (QED) is 0.599. The van der Waals surface area contributed by atoms with Crippen molar-refractivity contribution in [2.24, 2.45) is 0 Å². The van der Waals surface area contributed by atoms with Gasteiger partial charge in [-0.3, -0.25) is 9.80 Å². The van der Waals surface area contributed by atoms with Crippen molar-refractivity contribution in [3.05, 3.63) is 0 Å². The van der Waals surface area contributed by atoms with Crippen molar-refractivity contribution in [3.63, 3.8) is 0 Å². The second-order valence-corrected chi connectivity index (χ2v) is 5.89. The van der Waals surface area contributed by atoms with E-state index in [-0.39, 0.29) is 0 Å². The molecule has 5 nitrogen and oxygen atoms in total. The minimum absolute atomic E-state index is 1.08. The molecule has 1 heterocycles. The van der Waals surface area contributed by atoms with Gasteiger partial charge in [0.25, 0.3) is 0 Å². The van der Waals surface area contributed by atoms with Crippen LogP contribution in [0.25, 0.3) is 0 Å². The number of nitrogens with one attached hydrogen (secondary N) is 1. The van der Waals surface area contributed by atoms with Gasteiger partial charge in [-0.2, -0.15) is 0 Å². The van der Waals surface area contributed by atoms with E-state index >= 15 is 0 Å². The zero-order valence-corrected chi connectivity index (χ0v) is 13.4. The number of rotatable bonds is 9. The highest BCUT2D eigenvalue weighted by molar-refractivity contribution is 4.73. The van der Waals surface area contributed by atoms with Crippen LogP contribution in [-0.2, 0) is 0 Å². The Hall–Kier alpha value is -0.200. The van der Waals surface area contributed by atoms with E-state index in [9.17, 15) is 0 Å². The molecule has 1 fully saturated rings. The molecule has 0 bridgehead atoms. The van der Waals surface area contributed by atoms with Crippen molar-refractivity contribution in [2.45, 2.75) is 0 Å². The summed E-state index contributed by atoms with van der Waals surface area (Å²) in [7, 11) is 8.53. The molecule has 19 heavy (non-hydrogen) atoms. The van der Waals surface area contributed by atoms with Crippen LogP contribution in [0.4, 0.5) is 0 Å². The van der Waals surface area contributed by atoms with E-state index in [1.807, 2.05) is 7.05 Å². The molecule has 1 aliphatic rings. The third-order valence-electron chi connectivity index (χ3n) is 3.87. The van der Waals surface area contributed by atoms with Gasteiger partial charge in [-0.25, -0.2) is 0 Å². The first kappa shape index (κ1) is 16.9. The molecule has 0 aliphatic carbocycles. The van der Waals surface area contributed by atoms with E-state index in [1.165, 1.54) is 52.4 Å². The average Bonchev–Trinajstić information content (AvgIpc) is 2.41. The Morgan fingerprint density at radius 1 is 0.842 bits per heavy atom. The Balaban J connectivity index is 2.06. The van der Waals surface area contributed by atoms with Crippen LogP contribution in [0.15, 0.2) is 0 Å². The fraction of sp³-hybridized carbons (Fsp3) is 1.00. The van der Waals surface area contributed by atoms with Crippen LogP contribution < -0.4 is 5.32 Å². The normalized spacial score (nSPS) is 18.6. The highest BCUT2D eigenvalue weighted by Gasteiger charge is 2.16. The highest BCUT2D eigenvalue weighted by atomic mass is 15.3. The standard InChI is InChI=1S/C14H33N5/c1-15-5-6-17(4)8-10-19-13-11-18(12-14-19)9-7-16(2)3/h15H,5-14H2,1-4H3. The van der Waals surface area contributed by atoms with Gasteiger partial charge in [0.05, 0.1) is 0 Å². The van der Waals surface area contributed by atoms with E-state index in [0.29, 0.717) is 0 Å². The maximum atomic E-state index is 3.20. The lowest BCUT2D eigenvalue weighted by molar-refractivity contribution is 0.117. The van der Waals surface area contributed by atoms with Crippen LogP contribution in [-0.4, -0.2) is 113 Å². The van der Waals surface area contributed by atoms with Crippen LogP contribution in [0.2, 0.25) is 0 Å². The van der Waals surface area contributed by atoms with E-state index < -0.39 is 0 Å². The monoisotopic (exact) mass is 271 g/mol. The second kappa shape index (κ2) is 9.66. The lowest BCUT2D eigenvalue weighted by Crippen LogP contribution is -2.49. The van der Waals surface area contributed by atoms with Crippen molar-refractivity contribution in [1.82, 2.24) is 24.9 Å². The summed E-state index contributed by atoms with van der Waals surface area (Å²) >= 11 is 0. The predicted molar refractivity (Wildman–Crippen MR) is 82.9 cm³/mol. The van der Waals surface area contributed by atoms with Crippen LogP contribution in [0.1, 0.15) is 0 Å². The average molecular weight is 271 g/mol. The van der Waals surface area contributed by atoms with Crippen LogP contribution in [0.3, 0.4) is 0 Å². The summed E-state index contributed by atoms with van der Waals surface area (Å²) in [5, 5.41) is 3.20. The van der Waals surface area contributed by atoms with Gasteiger partial charge in [-0.15, -0.1) is 0 Å². The molecule has 1 N–H and O–H groups in total. The fourth-order valence-electron chi connectivity index (χ4n) is 2.30. The molecule has 0 aromatic heterocycles. The van der Waals surface area contributed by atoms with Crippen molar-refractivity contribution in [2.75, 3.05) is 93.6 Å². The van der Waals surface area contributed by atoms with E-state index in [4.69, 9.17) is 0 Å². The van der Waals surface area contributed by atoms with Gasteiger partial charge in [0, 0.05) is 65.4 Å². The molecule has 1 saturated heterocycles. The Kier molecular flexibility index (Phi) is 8.57. The summed E-state index contributed by atoms with van der Waals surface area (Å²) in [6.45, 7) is 11.9. The van der Waals surface area contributed by atoms with E-state index in [2.05, 4.69) is 46.1 Å². The topological polar surface area (TPSA) is 25.0 Å². The second-order valence-electron chi connectivity index (χ2n) is 5.89. The number of hydrogen-bond acceptors (Lipinski definition) is 5. The molecule has 0 amide bonds. The number of hydrogen-bond donors (Lipinski definition) is 1. The van der Waals surface area contributed by atoms with E-state index in [0.717, 1.165) is 13.1 Å². The molecule has 0 radical (unpaired) electrons. The first-order chi connectivity index (χ1) is 9.11. The number of nitrogens with zero attached hydrogens (tertiary/aromatic N) is 4. The van der Waals surface area contributed by atoms with Crippen LogP contribution in [0.5, 0.6) is 0 Å². The zero-order valence-electron chi connectivity index (χ0n) is 13.4. The summed E-state index contributed by atoms with van der Waals surface area (Å²) in [6, 6.07) is 0. The van der Waals surface area contributed by atoms with Gasteiger partial charge >= 0.3 is 0 Å². The van der Waals surface area contributed by atoms with Gasteiger partial charge in [0.2, 0.25) is 0 Å². The van der Waals surface area contributed by atoms with Crippen LogP contribution >= 0.6 is 0 Å². The summed E-state index contributed by atoms with van der Waals surface area (Å²) in [4.78, 5) is 9.86. The van der Waals surface area contributed by atoms with Gasteiger partial charge in [0.1, 0.15) is 0 Å². The summed E-state index contributed by atoms with van der Waals surface area (Å²) < 4.78 is 0. The van der Waals surface area contributed by atoms with Gasteiger partial charge in [0.15, 0.2) is 0 Å². The Bertz CT molecular complexity index is 214. The highest BCUT2D eigenvalue weighted by Crippen LogP contribution is 2.01. The Labute approximate surface area is 119 Å². The Morgan fingerprint density at radius 3 is 1.84 bits per heavy atom. The lowest BCUT2D eigenvalue weighted by atomic mass is 10.3. The molecule has 0 aromatic carbocycles. The van der Waals surface area contributed by atoms with Gasteiger partial charge in [-0.05, 0) is 28.2 Å². The van der Waals surface area contributed by atoms with Crippen molar-refractivity contribution in [1.29, 1.82) is 0 Å². The van der Waals surface area contributed by atoms with Crippen molar-refractivity contribution < 1.29 is 0 Å². The first-order valence-corrected chi connectivity index (χ1v) is 7.54. The third-order valence-corrected chi connectivity index (χ3v) is 3.87. The molecule has 1 aliphatic heterocycles. The SMILES string of the molecule is CNCCN(C)CCN1CCN(CCN(C)C)CC1. The third kappa shape index (κ3) is 7.84. The molecule has 0 aromatic rings. The minimum atomic E-state index is 1.08. The number of likely N-dealkylation sites (N-methyl/N-ethyl adjacent to an activating group) is 3. The molecular formula is C14H33N5. The molecular weight excluding hydrogens is 238 g/mol.